The molecule has 4 heteroatoms. The molecule has 2 amide bonds. The summed E-state index contributed by atoms with van der Waals surface area (Å²) in [7, 11) is 0. The Morgan fingerprint density at radius 1 is 1.00 bits per heavy atom. The fourth-order valence-corrected chi connectivity index (χ4v) is 2.44. The van der Waals surface area contributed by atoms with Gasteiger partial charge in [-0.3, -0.25) is 9.59 Å². The number of aryl methyl sites for hydroxylation is 2. The molecule has 0 bridgehead atoms. The van der Waals surface area contributed by atoms with Crippen LogP contribution in [0.1, 0.15) is 29.2 Å². The van der Waals surface area contributed by atoms with Crippen molar-refractivity contribution in [1.82, 2.24) is 4.90 Å². The number of carbonyl (C=O) groups excluding carboxylic acids is 2. The van der Waals surface area contributed by atoms with Gasteiger partial charge in [-0.05, 0) is 43.5 Å². The second-order valence-electron chi connectivity index (χ2n) is 6.16. The van der Waals surface area contributed by atoms with Crippen molar-refractivity contribution < 1.29 is 9.59 Å². The van der Waals surface area contributed by atoms with E-state index in [1.165, 1.54) is 12.5 Å². The maximum atomic E-state index is 12.3. The molecular formula is C20H24N2O2. The molecule has 0 spiro atoms. The Labute approximate surface area is 143 Å². The number of rotatable bonds is 5. The summed E-state index contributed by atoms with van der Waals surface area (Å²) in [6.45, 7) is 7.94. The second kappa shape index (κ2) is 7.77. The summed E-state index contributed by atoms with van der Waals surface area (Å²) in [5.41, 5.74) is 5.13. The molecule has 0 aliphatic rings. The average molecular weight is 324 g/mol. The zero-order valence-corrected chi connectivity index (χ0v) is 14.7. The number of hydrogen-bond acceptors (Lipinski definition) is 2. The van der Waals surface area contributed by atoms with E-state index in [2.05, 4.69) is 5.32 Å². The van der Waals surface area contributed by atoms with Crippen LogP contribution in [0.4, 0.5) is 5.69 Å². The van der Waals surface area contributed by atoms with Crippen LogP contribution in [-0.4, -0.2) is 23.3 Å². The third-order valence-corrected chi connectivity index (χ3v) is 4.15. The Morgan fingerprint density at radius 2 is 1.67 bits per heavy atom. The first-order valence-electron chi connectivity index (χ1n) is 8.04. The van der Waals surface area contributed by atoms with E-state index in [-0.39, 0.29) is 18.4 Å². The van der Waals surface area contributed by atoms with E-state index < -0.39 is 0 Å². The van der Waals surface area contributed by atoms with Crippen molar-refractivity contribution in [2.75, 3.05) is 11.9 Å². The van der Waals surface area contributed by atoms with Gasteiger partial charge in [-0.15, -0.1) is 0 Å². The minimum atomic E-state index is -0.189. The lowest BCUT2D eigenvalue weighted by molar-refractivity contribution is -0.133. The molecule has 2 aromatic rings. The van der Waals surface area contributed by atoms with E-state index in [9.17, 15) is 9.59 Å². The summed E-state index contributed by atoms with van der Waals surface area (Å²) in [4.78, 5) is 25.7. The first-order chi connectivity index (χ1) is 11.4. The van der Waals surface area contributed by atoms with E-state index in [4.69, 9.17) is 0 Å². The van der Waals surface area contributed by atoms with E-state index in [1.807, 2.05) is 63.2 Å². The van der Waals surface area contributed by atoms with Crippen molar-refractivity contribution in [2.45, 2.75) is 34.2 Å². The van der Waals surface area contributed by atoms with Gasteiger partial charge in [0.1, 0.15) is 6.54 Å². The Morgan fingerprint density at radius 3 is 2.29 bits per heavy atom. The molecule has 1 N–H and O–H groups in total. The molecule has 4 nitrogen and oxygen atoms in total. The molecule has 0 unspecified atom stereocenters. The molecule has 0 aliphatic heterocycles. The van der Waals surface area contributed by atoms with Gasteiger partial charge in [0.2, 0.25) is 11.8 Å². The van der Waals surface area contributed by atoms with Crippen molar-refractivity contribution in [3.63, 3.8) is 0 Å². The average Bonchev–Trinajstić information content (AvgIpc) is 2.53. The summed E-state index contributed by atoms with van der Waals surface area (Å²) in [6, 6.07) is 13.8. The predicted octanol–water partition coefficient (Wildman–Crippen LogP) is 3.60. The first-order valence-corrected chi connectivity index (χ1v) is 8.04. The molecule has 0 atom stereocenters. The largest absolute Gasteiger partial charge is 0.329 e. The monoisotopic (exact) mass is 324 g/mol. The van der Waals surface area contributed by atoms with Crippen LogP contribution in [0.25, 0.3) is 0 Å². The van der Waals surface area contributed by atoms with Crippen LogP contribution in [0.3, 0.4) is 0 Å². The van der Waals surface area contributed by atoms with E-state index >= 15 is 0 Å². The maximum Gasteiger partial charge on any atom is 0.244 e. The standard InChI is InChI=1S/C20H24N2O2/c1-14-8-10-18(11-9-14)12-22(17(4)23)13-20(24)21-19-7-5-6-15(2)16(19)3/h5-11H,12-13H2,1-4H3,(H,21,24). The minimum absolute atomic E-state index is 0.0383. The van der Waals surface area contributed by atoms with Gasteiger partial charge in [-0.2, -0.15) is 0 Å². The second-order valence-corrected chi connectivity index (χ2v) is 6.16. The zero-order chi connectivity index (χ0) is 17.7. The summed E-state index contributed by atoms with van der Waals surface area (Å²) in [6.07, 6.45) is 0. The Hall–Kier alpha value is -2.62. The molecule has 0 fully saturated rings. The normalized spacial score (nSPS) is 10.3. The molecule has 2 aromatic carbocycles. The third-order valence-electron chi connectivity index (χ3n) is 4.15. The summed E-state index contributed by atoms with van der Waals surface area (Å²) in [5.74, 6) is -0.308. The van der Waals surface area contributed by atoms with Crippen LogP contribution in [-0.2, 0) is 16.1 Å². The molecule has 0 aliphatic carbocycles. The lowest BCUT2D eigenvalue weighted by atomic mass is 10.1. The Bertz CT molecular complexity index is 736. The fraction of sp³-hybridized carbons (Fsp3) is 0.300. The zero-order valence-electron chi connectivity index (χ0n) is 14.7. The smallest absolute Gasteiger partial charge is 0.244 e. The molecule has 24 heavy (non-hydrogen) atoms. The highest BCUT2D eigenvalue weighted by Gasteiger charge is 2.15. The molecule has 0 heterocycles. The van der Waals surface area contributed by atoms with E-state index in [1.54, 1.807) is 4.90 Å². The van der Waals surface area contributed by atoms with Crippen LogP contribution in [0.15, 0.2) is 42.5 Å². The maximum absolute atomic E-state index is 12.3. The van der Waals surface area contributed by atoms with Crippen LogP contribution < -0.4 is 5.32 Å². The summed E-state index contributed by atoms with van der Waals surface area (Å²) >= 11 is 0. The quantitative estimate of drug-likeness (QED) is 0.913. The SMILES string of the molecule is CC(=O)N(CC(=O)Nc1cccc(C)c1C)Cc1ccc(C)cc1. The molecule has 0 aromatic heterocycles. The molecule has 2 rings (SSSR count). The van der Waals surface area contributed by atoms with Gasteiger partial charge in [0, 0.05) is 19.2 Å². The van der Waals surface area contributed by atoms with Crippen LogP contribution >= 0.6 is 0 Å². The first kappa shape index (κ1) is 17.7. The molecular weight excluding hydrogens is 300 g/mol. The molecule has 0 saturated carbocycles. The molecule has 0 radical (unpaired) electrons. The number of carbonyl (C=O) groups is 2. The van der Waals surface area contributed by atoms with Crippen LogP contribution in [0, 0.1) is 20.8 Å². The van der Waals surface area contributed by atoms with Gasteiger partial charge in [0.25, 0.3) is 0 Å². The minimum Gasteiger partial charge on any atom is -0.329 e. The number of nitrogens with zero attached hydrogens (tertiary/aromatic N) is 1. The number of benzene rings is 2. The van der Waals surface area contributed by atoms with Crippen molar-refractivity contribution in [1.29, 1.82) is 0 Å². The van der Waals surface area contributed by atoms with E-state index in [0.717, 1.165) is 22.4 Å². The number of anilines is 1. The van der Waals surface area contributed by atoms with Crippen LogP contribution in [0.2, 0.25) is 0 Å². The lowest BCUT2D eigenvalue weighted by Crippen LogP contribution is -2.36. The fourth-order valence-electron chi connectivity index (χ4n) is 2.44. The third kappa shape index (κ3) is 4.69. The molecule has 0 saturated heterocycles. The predicted molar refractivity (Wildman–Crippen MR) is 96.8 cm³/mol. The van der Waals surface area contributed by atoms with Crippen molar-refractivity contribution in [2.24, 2.45) is 0 Å². The van der Waals surface area contributed by atoms with Crippen molar-refractivity contribution >= 4 is 17.5 Å². The topological polar surface area (TPSA) is 49.4 Å². The van der Waals surface area contributed by atoms with Crippen molar-refractivity contribution in [3.05, 3.63) is 64.7 Å². The van der Waals surface area contributed by atoms with Gasteiger partial charge in [-0.25, -0.2) is 0 Å². The summed E-state index contributed by atoms with van der Waals surface area (Å²) in [5, 5.41) is 2.90. The summed E-state index contributed by atoms with van der Waals surface area (Å²) < 4.78 is 0. The highest BCUT2D eigenvalue weighted by Crippen LogP contribution is 2.18. The van der Waals surface area contributed by atoms with Crippen LogP contribution in [0.5, 0.6) is 0 Å². The number of hydrogen-bond donors (Lipinski definition) is 1. The number of amides is 2. The van der Waals surface area contributed by atoms with Gasteiger partial charge in [0.15, 0.2) is 0 Å². The van der Waals surface area contributed by atoms with Crippen molar-refractivity contribution in [3.8, 4) is 0 Å². The highest BCUT2D eigenvalue weighted by molar-refractivity contribution is 5.95. The Balaban J connectivity index is 2.04. The van der Waals surface area contributed by atoms with Gasteiger partial charge in [0.05, 0.1) is 0 Å². The van der Waals surface area contributed by atoms with E-state index in [0.29, 0.717) is 6.54 Å². The Kier molecular flexibility index (Phi) is 5.74. The molecule has 126 valence electrons. The van der Waals surface area contributed by atoms with Gasteiger partial charge < -0.3 is 10.2 Å². The van der Waals surface area contributed by atoms with Gasteiger partial charge in [-0.1, -0.05) is 42.0 Å². The lowest BCUT2D eigenvalue weighted by Gasteiger charge is -2.21. The number of nitrogens with one attached hydrogen (secondary N) is 1. The highest BCUT2D eigenvalue weighted by atomic mass is 16.2. The van der Waals surface area contributed by atoms with Gasteiger partial charge >= 0.3 is 0 Å².